The average molecular weight is 252 g/mol. The van der Waals surface area contributed by atoms with Crippen LogP contribution < -0.4 is 5.32 Å². The number of rotatable bonds is 3. The molecule has 2 unspecified atom stereocenters. The molecule has 96 valence electrons. The topological polar surface area (TPSA) is 24.4 Å². The summed E-state index contributed by atoms with van der Waals surface area (Å²) in [4.78, 5) is 4.76. The van der Waals surface area contributed by atoms with Crippen LogP contribution in [0.4, 0.5) is 0 Å². The normalized spacial score (nSPS) is 36.1. The van der Waals surface area contributed by atoms with E-state index in [9.17, 15) is 0 Å². The standard InChI is InChI=1S/C14H24N2S/c1-2-7-13-12(6-1)10-17-14(16-13)15-9-8-11-4-3-5-11/h11-13H,1-10H2,(H,15,16). The molecule has 0 aromatic carbocycles. The number of aliphatic imine (C=N–C) groups is 1. The fraction of sp³-hybridized carbons (Fsp3) is 0.929. The average Bonchev–Trinajstić information content (AvgIpc) is 2.32. The Morgan fingerprint density at radius 2 is 2.00 bits per heavy atom. The first-order chi connectivity index (χ1) is 8.42. The van der Waals surface area contributed by atoms with Crippen molar-refractivity contribution >= 4 is 16.9 Å². The summed E-state index contributed by atoms with van der Waals surface area (Å²) >= 11 is 1.97. The zero-order valence-electron chi connectivity index (χ0n) is 10.7. The van der Waals surface area contributed by atoms with Gasteiger partial charge < -0.3 is 5.32 Å². The van der Waals surface area contributed by atoms with Crippen molar-refractivity contribution in [2.75, 3.05) is 12.3 Å². The molecule has 0 aromatic rings. The molecule has 3 heteroatoms. The highest BCUT2D eigenvalue weighted by Gasteiger charge is 2.30. The number of thioether (sulfide) groups is 1. The van der Waals surface area contributed by atoms with Gasteiger partial charge in [-0.2, -0.15) is 0 Å². The largest absolute Gasteiger partial charge is 0.362 e. The lowest BCUT2D eigenvalue weighted by Gasteiger charge is -2.37. The molecule has 3 fully saturated rings. The fourth-order valence-electron chi connectivity index (χ4n) is 3.20. The summed E-state index contributed by atoms with van der Waals surface area (Å²) in [6.07, 6.45) is 11.3. The van der Waals surface area contributed by atoms with Crippen LogP contribution in [0.3, 0.4) is 0 Å². The molecule has 3 aliphatic rings. The van der Waals surface area contributed by atoms with Gasteiger partial charge in [0.2, 0.25) is 0 Å². The first-order valence-electron chi connectivity index (χ1n) is 7.35. The molecule has 3 rings (SSSR count). The van der Waals surface area contributed by atoms with Crippen molar-refractivity contribution in [3.8, 4) is 0 Å². The highest BCUT2D eigenvalue weighted by molar-refractivity contribution is 8.13. The van der Waals surface area contributed by atoms with Gasteiger partial charge in [-0.15, -0.1) is 0 Å². The molecule has 0 amide bonds. The van der Waals surface area contributed by atoms with E-state index in [2.05, 4.69) is 5.32 Å². The molecular weight excluding hydrogens is 228 g/mol. The minimum atomic E-state index is 0.743. The monoisotopic (exact) mass is 252 g/mol. The van der Waals surface area contributed by atoms with Gasteiger partial charge in [-0.05, 0) is 31.1 Å². The van der Waals surface area contributed by atoms with Gasteiger partial charge in [0.25, 0.3) is 0 Å². The highest BCUT2D eigenvalue weighted by atomic mass is 32.2. The minimum absolute atomic E-state index is 0.743. The molecular formula is C14H24N2S. The molecule has 1 aliphatic heterocycles. The van der Waals surface area contributed by atoms with E-state index in [4.69, 9.17) is 4.99 Å². The molecule has 17 heavy (non-hydrogen) atoms. The first kappa shape index (κ1) is 11.9. The van der Waals surface area contributed by atoms with Crippen LogP contribution in [-0.2, 0) is 0 Å². The predicted molar refractivity (Wildman–Crippen MR) is 75.6 cm³/mol. The summed E-state index contributed by atoms with van der Waals surface area (Å²) in [5, 5.41) is 4.92. The van der Waals surface area contributed by atoms with Crippen molar-refractivity contribution < 1.29 is 0 Å². The Labute approximate surface area is 109 Å². The van der Waals surface area contributed by atoms with Crippen molar-refractivity contribution in [1.29, 1.82) is 0 Å². The second kappa shape index (κ2) is 5.64. The van der Waals surface area contributed by atoms with Crippen molar-refractivity contribution in [3.05, 3.63) is 0 Å². The molecule has 2 saturated carbocycles. The summed E-state index contributed by atoms with van der Waals surface area (Å²) in [5.41, 5.74) is 0. The maximum Gasteiger partial charge on any atom is 0.156 e. The van der Waals surface area contributed by atoms with Crippen LogP contribution in [0.25, 0.3) is 0 Å². The van der Waals surface area contributed by atoms with Gasteiger partial charge in [-0.25, -0.2) is 0 Å². The van der Waals surface area contributed by atoms with E-state index in [1.54, 1.807) is 0 Å². The molecule has 2 nitrogen and oxygen atoms in total. The lowest BCUT2D eigenvalue weighted by molar-refractivity contribution is 0.299. The third kappa shape index (κ3) is 2.98. The Hall–Kier alpha value is -0.180. The summed E-state index contributed by atoms with van der Waals surface area (Å²) in [7, 11) is 0. The number of amidine groups is 1. The van der Waals surface area contributed by atoms with Gasteiger partial charge in [0.05, 0.1) is 0 Å². The number of fused-ring (bicyclic) bond motifs is 1. The van der Waals surface area contributed by atoms with Crippen LogP contribution in [0.15, 0.2) is 4.99 Å². The Morgan fingerprint density at radius 1 is 1.12 bits per heavy atom. The lowest BCUT2D eigenvalue weighted by atomic mass is 9.83. The summed E-state index contributed by atoms with van der Waals surface area (Å²) < 4.78 is 0. The molecule has 2 aliphatic carbocycles. The zero-order valence-corrected chi connectivity index (χ0v) is 11.5. The maximum atomic E-state index is 4.76. The highest BCUT2D eigenvalue weighted by Crippen LogP contribution is 2.32. The first-order valence-corrected chi connectivity index (χ1v) is 8.34. The van der Waals surface area contributed by atoms with E-state index in [0.717, 1.165) is 24.4 Å². The molecule has 1 heterocycles. The quantitative estimate of drug-likeness (QED) is 0.832. The van der Waals surface area contributed by atoms with Crippen LogP contribution >= 0.6 is 11.8 Å². The molecule has 1 N–H and O–H groups in total. The zero-order chi connectivity index (χ0) is 11.5. The van der Waals surface area contributed by atoms with E-state index < -0.39 is 0 Å². The molecule has 0 bridgehead atoms. The van der Waals surface area contributed by atoms with Gasteiger partial charge in [0, 0.05) is 18.3 Å². The number of hydrogen-bond donors (Lipinski definition) is 1. The van der Waals surface area contributed by atoms with E-state index >= 15 is 0 Å². The molecule has 0 spiro atoms. The van der Waals surface area contributed by atoms with Crippen LogP contribution in [0.5, 0.6) is 0 Å². The predicted octanol–water partition coefficient (Wildman–Crippen LogP) is 3.43. The second-order valence-electron chi connectivity index (χ2n) is 5.88. The van der Waals surface area contributed by atoms with Crippen molar-refractivity contribution in [3.63, 3.8) is 0 Å². The third-order valence-corrected chi connectivity index (χ3v) is 5.78. The summed E-state index contributed by atoms with van der Waals surface area (Å²) in [6, 6.07) is 0.743. The third-order valence-electron chi connectivity index (χ3n) is 4.67. The van der Waals surface area contributed by atoms with Gasteiger partial charge in [-0.3, -0.25) is 4.99 Å². The molecule has 0 aromatic heterocycles. The van der Waals surface area contributed by atoms with E-state index in [1.165, 1.54) is 62.3 Å². The SMILES string of the molecule is C1CC(CCN=C2NC3CCCCC3CS2)C1. The lowest BCUT2D eigenvalue weighted by Crippen LogP contribution is -2.46. The molecule has 0 radical (unpaired) electrons. The van der Waals surface area contributed by atoms with E-state index in [-0.39, 0.29) is 0 Å². The maximum absolute atomic E-state index is 4.76. The smallest absolute Gasteiger partial charge is 0.156 e. The van der Waals surface area contributed by atoms with Crippen molar-refractivity contribution in [2.24, 2.45) is 16.8 Å². The van der Waals surface area contributed by atoms with Crippen molar-refractivity contribution in [1.82, 2.24) is 5.32 Å². The van der Waals surface area contributed by atoms with Gasteiger partial charge in [0.1, 0.15) is 0 Å². The van der Waals surface area contributed by atoms with Gasteiger partial charge in [-0.1, -0.05) is 43.9 Å². The molecule has 2 atom stereocenters. The number of hydrogen-bond acceptors (Lipinski definition) is 2. The summed E-state index contributed by atoms with van der Waals surface area (Å²) in [6.45, 7) is 1.05. The van der Waals surface area contributed by atoms with E-state index in [1.807, 2.05) is 11.8 Å². The van der Waals surface area contributed by atoms with Gasteiger partial charge >= 0.3 is 0 Å². The van der Waals surface area contributed by atoms with Gasteiger partial charge in [0.15, 0.2) is 5.17 Å². The van der Waals surface area contributed by atoms with Crippen LogP contribution in [0, 0.1) is 11.8 Å². The minimum Gasteiger partial charge on any atom is -0.362 e. The number of nitrogens with one attached hydrogen (secondary N) is 1. The fourth-order valence-corrected chi connectivity index (χ4v) is 4.39. The van der Waals surface area contributed by atoms with Crippen LogP contribution in [-0.4, -0.2) is 23.5 Å². The Kier molecular flexibility index (Phi) is 3.94. The Morgan fingerprint density at radius 3 is 2.82 bits per heavy atom. The Bertz CT molecular complexity index is 286. The molecule has 1 saturated heterocycles. The number of nitrogens with zero attached hydrogens (tertiary/aromatic N) is 1. The van der Waals surface area contributed by atoms with E-state index in [0.29, 0.717) is 0 Å². The van der Waals surface area contributed by atoms with Crippen molar-refractivity contribution in [2.45, 2.75) is 57.4 Å². The Balaban J connectivity index is 1.45. The second-order valence-corrected chi connectivity index (χ2v) is 6.89. The van der Waals surface area contributed by atoms with Crippen LogP contribution in [0.2, 0.25) is 0 Å². The summed E-state index contributed by atoms with van der Waals surface area (Å²) in [5.74, 6) is 3.22. The van der Waals surface area contributed by atoms with Crippen LogP contribution in [0.1, 0.15) is 51.4 Å².